The molecule has 1 aliphatic rings. The molecular formula is C11H17NS. The number of rotatable bonds is 3. The van der Waals surface area contributed by atoms with Gasteiger partial charge in [-0.05, 0) is 37.9 Å². The lowest BCUT2D eigenvalue weighted by molar-refractivity contribution is 0.629. The number of fused-ring (bicyclic) bond motifs is 1. The molecule has 0 aliphatic heterocycles. The first-order valence-electron chi connectivity index (χ1n) is 5.11. The summed E-state index contributed by atoms with van der Waals surface area (Å²) < 4.78 is 0. The molecule has 0 saturated carbocycles. The Balaban J connectivity index is 2.20. The summed E-state index contributed by atoms with van der Waals surface area (Å²) in [6.45, 7) is 3.39. The van der Waals surface area contributed by atoms with Crippen LogP contribution in [0.4, 0.5) is 0 Å². The van der Waals surface area contributed by atoms with Crippen molar-refractivity contribution in [1.82, 2.24) is 5.32 Å². The van der Waals surface area contributed by atoms with Gasteiger partial charge in [-0.2, -0.15) is 0 Å². The second-order valence-electron chi connectivity index (χ2n) is 3.75. The Kier molecular flexibility index (Phi) is 2.70. The third kappa shape index (κ3) is 1.65. The van der Waals surface area contributed by atoms with Gasteiger partial charge in [-0.3, -0.25) is 0 Å². The maximum absolute atomic E-state index is 3.28. The molecule has 1 N–H and O–H groups in total. The highest BCUT2D eigenvalue weighted by atomic mass is 32.1. The quantitative estimate of drug-likeness (QED) is 0.781. The van der Waals surface area contributed by atoms with Gasteiger partial charge >= 0.3 is 0 Å². The maximum atomic E-state index is 3.28. The van der Waals surface area contributed by atoms with Crippen LogP contribution in [0.25, 0.3) is 0 Å². The van der Waals surface area contributed by atoms with Crippen molar-refractivity contribution in [2.24, 2.45) is 0 Å². The zero-order chi connectivity index (χ0) is 9.26. The Morgan fingerprint density at radius 3 is 3.15 bits per heavy atom. The fraction of sp³-hybridized carbons (Fsp3) is 0.636. The molecule has 1 atom stereocenters. The minimum atomic E-state index is 0.797. The van der Waals surface area contributed by atoms with E-state index in [1.807, 2.05) is 18.4 Å². The van der Waals surface area contributed by atoms with Crippen molar-refractivity contribution in [1.29, 1.82) is 0 Å². The van der Waals surface area contributed by atoms with Gasteiger partial charge in [-0.1, -0.05) is 6.92 Å². The van der Waals surface area contributed by atoms with E-state index in [-0.39, 0.29) is 0 Å². The van der Waals surface area contributed by atoms with Gasteiger partial charge < -0.3 is 5.32 Å². The highest BCUT2D eigenvalue weighted by Gasteiger charge is 2.24. The van der Waals surface area contributed by atoms with Gasteiger partial charge in [0.1, 0.15) is 0 Å². The maximum Gasteiger partial charge on any atom is 0.0124 e. The Bertz CT molecular complexity index is 290. The molecule has 0 bridgehead atoms. The van der Waals surface area contributed by atoms with Crippen molar-refractivity contribution in [3.8, 4) is 0 Å². The lowest BCUT2D eigenvalue weighted by Gasteiger charge is -2.07. The average molecular weight is 195 g/mol. The van der Waals surface area contributed by atoms with Crippen LogP contribution < -0.4 is 5.32 Å². The third-order valence-electron chi connectivity index (χ3n) is 2.82. The minimum Gasteiger partial charge on any atom is -0.319 e. The molecule has 0 spiro atoms. The lowest BCUT2D eigenvalue weighted by atomic mass is 10.1. The van der Waals surface area contributed by atoms with Gasteiger partial charge in [0.25, 0.3) is 0 Å². The lowest BCUT2D eigenvalue weighted by Crippen LogP contribution is -2.14. The van der Waals surface area contributed by atoms with Crippen molar-refractivity contribution in [2.75, 3.05) is 13.6 Å². The van der Waals surface area contributed by atoms with Crippen molar-refractivity contribution >= 4 is 11.3 Å². The highest BCUT2D eigenvalue weighted by Crippen LogP contribution is 2.38. The second-order valence-corrected chi connectivity index (χ2v) is 4.92. The molecule has 0 amide bonds. The van der Waals surface area contributed by atoms with Gasteiger partial charge in [0.2, 0.25) is 0 Å². The zero-order valence-electron chi connectivity index (χ0n) is 8.39. The minimum absolute atomic E-state index is 0.797. The summed E-state index contributed by atoms with van der Waals surface area (Å²) in [6.07, 6.45) is 3.86. The molecule has 1 aliphatic carbocycles. The summed E-state index contributed by atoms with van der Waals surface area (Å²) in [6, 6.07) is 2.41. The zero-order valence-corrected chi connectivity index (χ0v) is 9.21. The molecule has 1 heterocycles. The van der Waals surface area contributed by atoms with Crippen molar-refractivity contribution in [3.63, 3.8) is 0 Å². The van der Waals surface area contributed by atoms with E-state index in [0.29, 0.717) is 0 Å². The summed E-state index contributed by atoms with van der Waals surface area (Å²) in [5.41, 5.74) is 1.63. The summed E-state index contributed by atoms with van der Waals surface area (Å²) in [4.78, 5) is 3.22. The van der Waals surface area contributed by atoms with Crippen LogP contribution in [0.1, 0.15) is 34.6 Å². The van der Waals surface area contributed by atoms with E-state index in [0.717, 1.165) is 12.5 Å². The fourth-order valence-electron chi connectivity index (χ4n) is 2.12. The smallest absolute Gasteiger partial charge is 0.0124 e. The van der Waals surface area contributed by atoms with E-state index in [4.69, 9.17) is 0 Å². The molecule has 2 rings (SSSR count). The summed E-state index contributed by atoms with van der Waals surface area (Å²) in [7, 11) is 2.05. The Labute approximate surface area is 84.2 Å². The topological polar surface area (TPSA) is 12.0 Å². The monoisotopic (exact) mass is 195 g/mol. The highest BCUT2D eigenvalue weighted by molar-refractivity contribution is 7.12. The SMILES string of the molecule is CCc1cc2c(s1)C(CNC)CC2. The first-order valence-corrected chi connectivity index (χ1v) is 5.93. The van der Waals surface area contributed by atoms with Gasteiger partial charge in [0, 0.05) is 22.2 Å². The van der Waals surface area contributed by atoms with Gasteiger partial charge in [0.05, 0.1) is 0 Å². The number of thiophene rings is 1. The van der Waals surface area contributed by atoms with Crippen LogP contribution in [0.15, 0.2) is 6.07 Å². The van der Waals surface area contributed by atoms with E-state index in [1.165, 1.54) is 19.3 Å². The first kappa shape index (κ1) is 9.22. The Hall–Kier alpha value is -0.340. The molecule has 1 nitrogen and oxygen atoms in total. The molecular weight excluding hydrogens is 178 g/mol. The van der Waals surface area contributed by atoms with Crippen molar-refractivity contribution in [3.05, 3.63) is 21.4 Å². The summed E-state index contributed by atoms with van der Waals surface area (Å²) >= 11 is 2.03. The molecule has 1 aromatic heterocycles. The summed E-state index contributed by atoms with van der Waals surface area (Å²) in [5.74, 6) is 0.797. The normalized spacial score (nSPS) is 20.6. The van der Waals surface area contributed by atoms with Crippen LogP contribution in [-0.2, 0) is 12.8 Å². The fourth-order valence-corrected chi connectivity index (χ4v) is 3.41. The number of nitrogens with one attached hydrogen (secondary N) is 1. The van der Waals surface area contributed by atoms with Gasteiger partial charge in [-0.25, -0.2) is 0 Å². The molecule has 72 valence electrons. The molecule has 0 radical (unpaired) electrons. The van der Waals surface area contributed by atoms with Gasteiger partial charge in [-0.15, -0.1) is 11.3 Å². The predicted octanol–water partition coefficient (Wildman–Crippen LogP) is 2.56. The largest absolute Gasteiger partial charge is 0.319 e. The molecule has 0 aromatic carbocycles. The average Bonchev–Trinajstić information content (AvgIpc) is 2.67. The number of likely N-dealkylation sites (N-methyl/N-ethyl adjacent to an activating group) is 1. The van der Waals surface area contributed by atoms with Crippen LogP contribution in [0.5, 0.6) is 0 Å². The molecule has 13 heavy (non-hydrogen) atoms. The van der Waals surface area contributed by atoms with Crippen LogP contribution in [0.3, 0.4) is 0 Å². The van der Waals surface area contributed by atoms with E-state index in [9.17, 15) is 0 Å². The second kappa shape index (κ2) is 3.81. The molecule has 0 saturated heterocycles. The van der Waals surface area contributed by atoms with E-state index in [2.05, 4.69) is 18.3 Å². The van der Waals surface area contributed by atoms with Crippen LogP contribution in [0, 0.1) is 0 Å². The van der Waals surface area contributed by atoms with Crippen LogP contribution in [0.2, 0.25) is 0 Å². The van der Waals surface area contributed by atoms with Crippen LogP contribution >= 0.6 is 11.3 Å². The standard InChI is InChI=1S/C11H17NS/c1-3-10-6-8-4-5-9(7-12-2)11(8)13-10/h6,9,12H,3-5,7H2,1-2H3. The Morgan fingerprint density at radius 2 is 2.46 bits per heavy atom. The summed E-state index contributed by atoms with van der Waals surface area (Å²) in [5, 5.41) is 3.28. The van der Waals surface area contributed by atoms with Crippen LogP contribution in [-0.4, -0.2) is 13.6 Å². The molecule has 1 unspecified atom stereocenters. The molecule has 1 aromatic rings. The van der Waals surface area contributed by atoms with E-state index >= 15 is 0 Å². The molecule has 0 fully saturated rings. The number of aryl methyl sites for hydroxylation is 2. The number of hydrogen-bond acceptors (Lipinski definition) is 2. The van der Waals surface area contributed by atoms with E-state index in [1.54, 1.807) is 15.3 Å². The Morgan fingerprint density at radius 1 is 1.62 bits per heavy atom. The predicted molar refractivity (Wildman–Crippen MR) is 58.7 cm³/mol. The number of hydrogen-bond donors (Lipinski definition) is 1. The van der Waals surface area contributed by atoms with Crippen molar-refractivity contribution in [2.45, 2.75) is 32.1 Å². The van der Waals surface area contributed by atoms with Gasteiger partial charge in [0.15, 0.2) is 0 Å². The molecule has 2 heteroatoms. The van der Waals surface area contributed by atoms with Crippen molar-refractivity contribution < 1.29 is 0 Å². The van der Waals surface area contributed by atoms with E-state index < -0.39 is 0 Å². The first-order chi connectivity index (χ1) is 6.35. The third-order valence-corrected chi connectivity index (χ3v) is 4.31.